The Morgan fingerprint density at radius 2 is 1.54 bits per heavy atom. The van der Waals surface area contributed by atoms with Crippen molar-refractivity contribution in [3.63, 3.8) is 0 Å². The lowest BCUT2D eigenvalue weighted by Crippen LogP contribution is -2.50. The molecule has 0 unspecified atom stereocenters. The van der Waals surface area contributed by atoms with Crippen LogP contribution >= 0.6 is 0 Å². The van der Waals surface area contributed by atoms with Crippen LogP contribution in [-0.4, -0.2) is 50.7 Å². The number of rotatable bonds is 5. The van der Waals surface area contributed by atoms with Gasteiger partial charge >= 0.3 is 0 Å². The molecule has 0 spiro atoms. The van der Waals surface area contributed by atoms with Crippen molar-refractivity contribution in [1.82, 2.24) is 4.90 Å². The Labute approximate surface area is 155 Å². The van der Waals surface area contributed by atoms with E-state index in [2.05, 4.69) is 23.1 Å². The van der Waals surface area contributed by atoms with Gasteiger partial charge in [-0.2, -0.15) is 0 Å². The molecule has 0 aromatic heterocycles. The van der Waals surface area contributed by atoms with Crippen molar-refractivity contribution in [1.29, 1.82) is 0 Å². The number of hydrogen-bond donors (Lipinski definition) is 0. The molecule has 1 saturated heterocycles. The van der Waals surface area contributed by atoms with Crippen LogP contribution in [0.5, 0.6) is 11.5 Å². The number of aryl methyl sites for hydroxylation is 2. The van der Waals surface area contributed by atoms with Crippen molar-refractivity contribution in [3.8, 4) is 11.5 Å². The summed E-state index contributed by atoms with van der Waals surface area (Å²) in [7, 11) is 1.67. The molecule has 2 aromatic rings. The number of carbonyl (C=O) groups is 1. The van der Waals surface area contributed by atoms with Crippen LogP contribution in [0.1, 0.15) is 11.1 Å². The molecule has 138 valence electrons. The minimum absolute atomic E-state index is 0.0403. The summed E-state index contributed by atoms with van der Waals surface area (Å²) in [6.07, 6.45) is 0. The summed E-state index contributed by atoms with van der Waals surface area (Å²) < 4.78 is 10.9. The van der Waals surface area contributed by atoms with E-state index in [1.807, 2.05) is 43.0 Å². The number of ether oxygens (including phenoxy) is 2. The topological polar surface area (TPSA) is 42.0 Å². The maximum absolute atomic E-state index is 12.4. The lowest BCUT2D eigenvalue weighted by atomic mass is 10.1. The van der Waals surface area contributed by atoms with E-state index in [0.29, 0.717) is 13.1 Å². The molecule has 5 nitrogen and oxygen atoms in total. The molecule has 0 aliphatic carbocycles. The summed E-state index contributed by atoms with van der Waals surface area (Å²) in [6, 6.07) is 14.0. The van der Waals surface area contributed by atoms with Gasteiger partial charge in [0.15, 0.2) is 6.61 Å². The van der Waals surface area contributed by atoms with Crippen molar-refractivity contribution >= 4 is 11.6 Å². The molecule has 26 heavy (non-hydrogen) atoms. The molecule has 0 bridgehead atoms. The van der Waals surface area contributed by atoms with Crippen LogP contribution in [0.4, 0.5) is 5.69 Å². The van der Waals surface area contributed by atoms with Crippen molar-refractivity contribution in [2.45, 2.75) is 13.8 Å². The molecule has 5 heteroatoms. The highest BCUT2D eigenvalue weighted by Gasteiger charge is 2.21. The minimum Gasteiger partial charge on any atom is -0.497 e. The number of piperazine rings is 1. The third-order valence-corrected chi connectivity index (χ3v) is 4.63. The van der Waals surface area contributed by atoms with Gasteiger partial charge in [-0.1, -0.05) is 6.07 Å². The highest BCUT2D eigenvalue weighted by atomic mass is 16.5. The zero-order valence-electron chi connectivity index (χ0n) is 15.7. The zero-order valence-corrected chi connectivity index (χ0v) is 15.7. The average Bonchev–Trinajstić information content (AvgIpc) is 2.65. The van der Waals surface area contributed by atoms with Crippen LogP contribution in [0.3, 0.4) is 0 Å². The summed E-state index contributed by atoms with van der Waals surface area (Å²) in [4.78, 5) is 16.6. The molecule has 3 rings (SSSR count). The normalized spacial score (nSPS) is 14.3. The van der Waals surface area contributed by atoms with Gasteiger partial charge in [-0.15, -0.1) is 0 Å². The first-order valence-corrected chi connectivity index (χ1v) is 8.93. The standard InChI is InChI=1S/C21H26N2O3/c1-16-12-17(2)14-20(13-16)26-15-21(24)23-10-8-22(9-11-23)18-4-6-19(25-3)7-5-18/h4-7,12-14H,8-11,15H2,1-3H3. The molecule has 0 atom stereocenters. The van der Waals surface area contributed by atoms with Gasteiger partial charge < -0.3 is 19.3 Å². The summed E-state index contributed by atoms with van der Waals surface area (Å²) in [5, 5.41) is 0. The van der Waals surface area contributed by atoms with Crippen LogP contribution in [0.25, 0.3) is 0 Å². The lowest BCUT2D eigenvalue weighted by Gasteiger charge is -2.36. The maximum atomic E-state index is 12.4. The Kier molecular flexibility index (Phi) is 5.66. The summed E-state index contributed by atoms with van der Waals surface area (Å²) in [5.74, 6) is 1.65. The summed E-state index contributed by atoms with van der Waals surface area (Å²) >= 11 is 0. The number of nitrogens with zero attached hydrogens (tertiary/aromatic N) is 2. The van der Waals surface area contributed by atoms with Crippen LogP contribution in [0, 0.1) is 13.8 Å². The first-order chi connectivity index (χ1) is 12.5. The van der Waals surface area contributed by atoms with Gasteiger partial charge in [0.1, 0.15) is 11.5 Å². The van der Waals surface area contributed by atoms with Gasteiger partial charge in [-0.3, -0.25) is 4.79 Å². The van der Waals surface area contributed by atoms with Crippen LogP contribution < -0.4 is 14.4 Å². The molecule has 0 N–H and O–H groups in total. The maximum Gasteiger partial charge on any atom is 0.260 e. The molecule has 1 heterocycles. The Morgan fingerprint density at radius 1 is 0.923 bits per heavy atom. The number of benzene rings is 2. The zero-order chi connectivity index (χ0) is 18.5. The van der Waals surface area contributed by atoms with E-state index < -0.39 is 0 Å². The highest BCUT2D eigenvalue weighted by molar-refractivity contribution is 5.78. The second-order valence-corrected chi connectivity index (χ2v) is 6.68. The first-order valence-electron chi connectivity index (χ1n) is 8.93. The summed E-state index contributed by atoms with van der Waals surface area (Å²) in [6.45, 7) is 7.21. The average molecular weight is 354 g/mol. The molecule has 1 aliphatic rings. The van der Waals surface area contributed by atoms with Crippen molar-refractivity contribution in [3.05, 3.63) is 53.6 Å². The van der Waals surface area contributed by atoms with Gasteiger partial charge in [0.25, 0.3) is 5.91 Å². The fourth-order valence-electron chi connectivity index (χ4n) is 3.26. The van der Waals surface area contributed by atoms with E-state index in [0.717, 1.165) is 41.4 Å². The minimum atomic E-state index is 0.0403. The fraction of sp³-hybridized carbons (Fsp3) is 0.381. The van der Waals surface area contributed by atoms with Gasteiger partial charge in [-0.05, 0) is 61.4 Å². The van der Waals surface area contributed by atoms with E-state index in [4.69, 9.17) is 9.47 Å². The Bertz CT molecular complexity index is 730. The van der Waals surface area contributed by atoms with Crippen molar-refractivity contribution in [2.24, 2.45) is 0 Å². The van der Waals surface area contributed by atoms with Crippen LogP contribution in [0.15, 0.2) is 42.5 Å². The van der Waals surface area contributed by atoms with E-state index >= 15 is 0 Å². The number of anilines is 1. The monoisotopic (exact) mass is 354 g/mol. The molecule has 1 aliphatic heterocycles. The van der Waals surface area contributed by atoms with E-state index in [9.17, 15) is 4.79 Å². The molecular formula is C21H26N2O3. The molecular weight excluding hydrogens is 328 g/mol. The van der Waals surface area contributed by atoms with Gasteiger partial charge in [0.2, 0.25) is 0 Å². The van der Waals surface area contributed by atoms with E-state index in [1.165, 1.54) is 0 Å². The third kappa shape index (κ3) is 4.48. The predicted octanol–water partition coefficient (Wildman–Crippen LogP) is 3.04. The SMILES string of the molecule is COc1ccc(N2CCN(C(=O)COc3cc(C)cc(C)c3)CC2)cc1. The second-order valence-electron chi connectivity index (χ2n) is 6.68. The molecule has 0 radical (unpaired) electrons. The molecule has 1 fully saturated rings. The smallest absolute Gasteiger partial charge is 0.260 e. The summed E-state index contributed by atoms with van der Waals surface area (Å²) in [5.41, 5.74) is 3.44. The Hall–Kier alpha value is -2.69. The molecule has 0 saturated carbocycles. The number of amides is 1. The quantitative estimate of drug-likeness (QED) is 0.828. The van der Waals surface area contributed by atoms with Gasteiger partial charge in [0.05, 0.1) is 7.11 Å². The predicted molar refractivity (Wildman–Crippen MR) is 103 cm³/mol. The lowest BCUT2D eigenvalue weighted by molar-refractivity contribution is -0.133. The van der Waals surface area contributed by atoms with E-state index in [1.54, 1.807) is 7.11 Å². The van der Waals surface area contributed by atoms with Gasteiger partial charge in [0, 0.05) is 31.9 Å². The highest BCUT2D eigenvalue weighted by Crippen LogP contribution is 2.21. The third-order valence-electron chi connectivity index (χ3n) is 4.63. The molecule has 1 amide bonds. The van der Waals surface area contributed by atoms with Crippen LogP contribution in [-0.2, 0) is 4.79 Å². The van der Waals surface area contributed by atoms with Gasteiger partial charge in [-0.25, -0.2) is 0 Å². The fourth-order valence-corrected chi connectivity index (χ4v) is 3.26. The number of carbonyl (C=O) groups excluding carboxylic acids is 1. The Balaban J connectivity index is 1.49. The Morgan fingerprint density at radius 3 is 2.12 bits per heavy atom. The van der Waals surface area contributed by atoms with E-state index in [-0.39, 0.29) is 12.5 Å². The molecule has 2 aromatic carbocycles. The largest absolute Gasteiger partial charge is 0.497 e. The second kappa shape index (κ2) is 8.13. The van der Waals surface area contributed by atoms with Crippen LogP contribution in [0.2, 0.25) is 0 Å². The van der Waals surface area contributed by atoms with Crippen molar-refractivity contribution in [2.75, 3.05) is 44.8 Å². The first kappa shape index (κ1) is 18.1. The number of hydrogen-bond acceptors (Lipinski definition) is 4. The van der Waals surface area contributed by atoms with Crippen molar-refractivity contribution < 1.29 is 14.3 Å². The number of methoxy groups -OCH3 is 1.